The lowest BCUT2D eigenvalue weighted by molar-refractivity contribution is -0.147. The SMILES string of the molecule is CCn1cc(N)cc1C(=O)N1CCCCC1C(=O)OC. The van der Waals surface area contributed by atoms with Crippen LogP contribution in [-0.4, -0.2) is 41.0 Å². The highest BCUT2D eigenvalue weighted by atomic mass is 16.5. The second-order valence-electron chi connectivity index (χ2n) is 4.98. The molecule has 1 aromatic rings. The second kappa shape index (κ2) is 5.98. The number of anilines is 1. The number of aromatic nitrogens is 1. The van der Waals surface area contributed by atoms with Crippen LogP contribution in [0.1, 0.15) is 36.7 Å². The Kier molecular flexibility index (Phi) is 4.32. The highest BCUT2D eigenvalue weighted by molar-refractivity contribution is 5.96. The number of nitrogens with two attached hydrogens (primary N) is 1. The van der Waals surface area contributed by atoms with Crippen LogP contribution in [0.15, 0.2) is 12.3 Å². The molecule has 0 radical (unpaired) electrons. The first kappa shape index (κ1) is 14.4. The lowest BCUT2D eigenvalue weighted by Crippen LogP contribution is -2.48. The first-order valence-corrected chi connectivity index (χ1v) is 6.93. The van der Waals surface area contributed by atoms with E-state index in [1.54, 1.807) is 21.7 Å². The summed E-state index contributed by atoms with van der Waals surface area (Å²) in [5, 5.41) is 0. The van der Waals surface area contributed by atoms with Crippen molar-refractivity contribution in [2.45, 2.75) is 38.8 Å². The number of carbonyl (C=O) groups is 2. The van der Waals surface area contributed by atoms with Crippen molar-refractivity contribution >= 4 is 17.6 Å². The molecule has 20 heavy (non-hydrogen) atoms. The molecule has 6 nitrogen and oxygen atoms in total. The topological polar surface area (TPSA) is 77.6 Å². The molecule has 1 saturated heterocycles. The smallest absolute Gasteiger partial charge is 0.328 e. The molecule has 1 amide bonds. The summed E-state index contributed by atoms with van der Waals surface area (Å²) < 4.78 is 6.61. The van der Waals surface area contributed by atoms with Gasteiger partial charge in [-0.25, -0.2) is 4.79 Å². The number of esters is 1. The number of likely N-dealkylation sites (tertiary alicyclic amines) is 1. The fourth-order valence-corrected chi connectivity index (χ4v) is 2.68. The summed E-state index contributed by atoms with van der Waals surface area (Å²) in [7, 11) is 1.35. The van der Waals surface area contributed by atoms with Crippen LogP contribution >= 0.6 is 0 Å². The molecule has 1 fully saturated rings. The Bertz CT molecular complexity index is 510. The van der Waals surface area contributed by atoms with Crippen molar-refractivity contribution in [3.63, 3.8) is 0 Å². The number of piperidine rings is 1. The summed E-state index contributed by atoms with van der Waals surface area (Å²) in [5.74, 6) is -0.501. The van der Waals surface area contributed by atoms with Gasteiger partial charge in [-0.05, 0) is 32.3 Å². The molecule has 1 aromatic heterocycles. The van der Waals surface area contributed by atoms with E-state index in [-0.39, 0.29) is 11.9 Å². The molecular formula is C14H21N3O3. The van der Waals surface area contributed by atoms with Crippen LogP contribution in [0.25, 0.3) is 0 Å². The van der Waals surface area contributed by atoms with Crippen LogP contribution < -0.4 is 5.73 Å². The van der Waals surface area contributed by atoms with Crippen molar-refractivity contribution < 1.29 is 14.3 Å². The van der Waals surface area contributed by atoms with Gasteiger partial charge in [0.25, 0.3) is 5.91 Å². The number of hydrogen-bond donors (Lipinski definition) is 1. The lowest BCUT2D eigenvalue weighted by atomic mass is 10.0. The molecule has 2 rings (SSSR count). The molecule has 2 N–H and O–H groups in total. The fraction of sp³-hybridized carbons (Fsp3) is 0.571. The van der Waals surface area contributed by atoms with Gasteiger partial charge >= 0.3 is 5.97 Å². The molecule has 0 saturated carbocycles. The van der Waals surface area contributed by atoms with Crippen molar-refractivity contribution in [3.05, 3.63) is 18.0 Å². The standard InChI is InChI=1S/C14H21N3O3/c1-3-16-9-10(15)8-12(16)13(18)17-7-5-4-6-11(17)14(19)20-2/h8-9,11H,3-7,15H2,1-2H3. The van der Waals surface area contributed by atoms with E-state index in [1.165, 1.54) is 7.11 Å². The summed E-state index contributed by atoms with van der Waals surface area (Å²) in [5.41, 5.74) is 6.85. The van der Waals surface area contributed by atoms with Crippen molar-refractivity contribution in [2.24, 2.45) is 0 Å². The van der Waals surface area contributed by atoms with Crippen LogP contribution in [0.5, 0.6) is 0 Å². The number of methoxy groups -OCH3 is 1. The molecule has 2 heterocycles. The minimum atomic E-state index is -0.484. The Morgan fingerprint density at radius 1 is 1.45 bits per heavy atom. The number of amides is 1. The van der Waals surface area contributed by atoms with Gasteiger partial charge in [0.2, 0.25) is 0 Å². The van der Waals surface area contributed by atoms with Crippen LogP contribution in [0.2, 0.25) is 0 Å². The molecule has 1 aliphatic rings. The van der Waals surface area contributed by atoms with Gasteiger partial charge in [-0.2, -0.15) is 0 Å². The number of ether oxygens (including phenoxy) is 1. The third-order valence-electron chi connectivity index (χ3n) is 3.71. The molecule has 0 bridgehead atoms. The maximum Gasteiger partial charge on any atom is 0.328 e. The van der Waals surface area contributed by atoms with E-state index in [0.29, 0.717) is 30.9 Å². The van der Waals surface area contributed by atoms with E-state index in [4.69, 9.17) is 10.5 Å². The average molecular weight is 279 g/mol. The van der Waals surface area contributed by atoms with Gasteiger partial charge in [0.1, 0.15) is 11.7 Å². The molecule has 1 aliphatic heterocycles. The Morgan fingerprint density at radius 2 is 2.20 bits per heavy atom. The molecule has 0 spiro atoms. The van der Waals surface area contributed by atoms with Crippen LogP contribution in [0, 0.1) is 0 Å². The quantitative estimate of drug-likeness (QED) is 0.845. The first-order chi connectivity index (χ1) is 9.58. The fourth-order valence-electron chi connectivity index (χ4n) is 2.68. The lowest BCUT2D eigenvalue weighted by Gasteiger charge is -2.33. The predicted octanol–water partition coefficient (Wildman–Crippen LogP) is 1.26. The Morgan fingerprint density at radius 3 is 2.85 bits per heavy atom. The average Bonchev–Trinajstić information content (AvgIpc) is 2.86. The number of nitrogen functional groups attached to an aromatic ring is 1. The summed E-state index contributed by atoms with van der Waals surface area (Å²) in [6, 6.07) is 1.18. The van der Waals surface area contributed by atoms with Gasteiger partial charge in [-0.15, -0.1) is 0 Å². The van der Waals surface area contributed by atoms with Crippen LogP contribution in [0.4, 0.5) is 5.69 Å². The van der Waals surface area contributed by atoms with Crippen LogP contribution in [0.3, 0.4) is 0 Å². The summed E-state index contributed by atoms with van der Waals surface area (Å²) in [4.78, 5) is 26.1. The minimum Gasteiger partial charge on any atom is -0.467 e. The molecule has 1 unspecified atom stereocenters. The number of hydrogen-bond acceptors (Lipinski definition) is 4. The van der Waals surface area contributed by atoms with Crippen molar-refractivity contribution in [1.82, 2.24) is 9.47 Å². The normalized spacial score (nSPS) is 18.9. The van der Waals surface area contributed by atoms with E-state index < -0.39 is 6.04 Å². The molecule has 110 valence electrons. The first-order valence-electron chi connectivity index (χ1n) is 6.93. The number of carbonyl (C=O) groups excluding carboxylic acids is 2. The van der Waals surface area contributed by atoms with E-state index in [0.717, 1.165) is 12.8 Å². The largest absolute Gasteiger partial charge is 0.467 e. The van der Waals surface area contributed by atoms with E-state index in [2.05, 4.69) is 0 Å². The zero-order chi connectivity index (χ0) is 14.7. The molecule has 0 aliphatic carbocycles. The zero-order valence-corrected chi connectivity index (χ0v) is 12.0. The van der Waals surface area contributed by atoms with Gasteiger partial charge in [0.05, 0.1) is 12.8 Å². The Hall–Kier alpha value is -1.98. The summed E-state index contributed by atoms with van der Waals surface area (Å²) in [6.45, 7) is 3.19. The third-order valence-corrected chi connectivity index (χ3v) is 3.71. The number of aryl methyl sites for hydroxylation is 1. The van der Waals surface area contributed by atoms with Crippen molar-refractivity contribution in [3.8, 4) is 0 Å². The molecule has 0 aromatic carbocycles. The van der Waals surface area contributed by atoms with Gasteiger partial charge in [-0.1, -0.05) is 0 Å². The van der Waals surface area contributed by atoms with Gasteiger partial charge < -0.3 is 19.9 Å². The number of rotatable bonds is 3. The predicted molar refractivity (Wildman–Crippen MR) is 75.2 cm³/mol. The van der Waals surface area contributed by atoms with Crippen molar-refractivity contribution in [1.29, 1.82) is 0 Å². The zero-order valence-electron chi connectivity index (χ0n) is 12.0. The van der Waals surface area contributed by atoms with Gasteiger partial charge in [0, 0.05) is 19.3 Å². The van der Waals surface area contributed by atoms with Crippen molar-refractivity contribution in [2.75, 3.05) is 19.4 Å². The second-order valence-corrected chi connectivity index (χ2v) is 4.98. The minimum absolute atomic E-state index is 0.154. The van der Waals surface area contributed by atoms with Gasteiger partial charge in [0.15, 0.2) is 0 Å². The molecule has 1 atom stereocenters. The Balaban J connectivity index is 2.27. The monoisotopic (exact) mass is 279 g/mol. The van der Waals surface area contributed by atoms with E-state index in [1.807, 2.05) is 6.92 Å². The van der Waals surface area contributed by atoms with E-state index >= 15 is 0 Å². The van der Waals surface area contributed by atoms with E-state index in [9.17, 15) is 9.59 Å². The maximum atomic E-state index is 12.7. The molecular weight excluding hydrogens is 258 g/mol. The summed E-state index contributed by atoms with van der Waals surface area (Å²) >= 11 is 0. The summed E-state index contributed by atoms with van der Waals surface area (Å²) in [6.07, 6.45) is 4.23. The highest BCUT2D eigenvalue weighted by Gasteiger charge is 2.34. The number of nitrogens with zero attached hydrogens (tertiary/aromatic N) is 2. The molecule has 6 heteroatoms. The maximum absolute atomic E-state index is 12.7. The highest BCUT2D eigenvalue weighted by Crippen LogP contribution is 2.22. The third kappa shape index (κ3) is 2.64. The van der Waals surface area contributed by atoms with Gasteiger partial charge in [-0.3, -0.25) is 4.79 Å². The Labute approximate surface area is 118 Å². The van der Waals surface area contributed by atoms with Crippen LogP contribution in [-0.2, 0) is 16.1 Å².